The summed E-state index contributed by atoms with van der Waals surface area (Å²) in [6.45, 7) is 12.2. The lowest BCUT2D eigenvalue weighted by Gasteiger charge is -2.38. The zero-order valence-electron chi connectivity index (χ0n) is 30.5. The molecule has 0 saturated heterocycles. The van der Waals surface area contributed by atoms with Gasteiger partial charge in [0.2, 0.25) is 23.6 Å². The molecule has 4 N–H and O–H groups in total. The Morgan fingerprint density at radius 1 is 0.809 bits per heavy atom. The lowest BCUT2D eigenvalue weighted by Crippen LogP contribution is -2.55. The van der Waals surface area contributed by atoms with Crippen LogP contribution in [0.25, 0.3) is 0 Å². The third-order valence-electron chi connectivity index (χ3n) is 9.78. The predicted molar refractivity (Wildman–Crippen MR) is 185 cm³/mol. The van der Waals surface area contributed by atoms with Crippen LogP contribution in [0, 0.1) is 29.6 Å². The summed E-state index contributed by atoms with van der Waals surface area (Å²) in [5.74, 6) is -1.34. The van der Waals surface area contributed by atoms with Crippen molar-refractivity contribution in [2.45, 2.75) is 136 Å². The molecule has 2 saturated carbocycles. The quantitative estimate of drug-likeness (QED) is 0.154. The van der Waals surface area contributed by atoms with Crippen LogP contribution >= 0.6 is 0 Å². The third kappa shape index (κ3) is 14.0. The highest BCUT2D eigenvalue weighted by Gasteiger charge is 2.41. The minimum absolute atomic E-state index is 0.0174. The van der Waals surface area contributed by atoms with E-state index in [-0.39, 0.29) is 48.1 Å². The molecule has 0 heterocycles. The fourth-order valence-electron chi connectivity index (χ4n) is 7.27. The topological polar surface area (TPSA) is 143 Å². The van der Waals surface area contributed by atoms with E-state index < -0.39 is 29.9 Å². The van der Waals surface area contributed by atoms with Crippen LogP contribution < -0.4 is 10.7 Å². The Hall–Kier alpha value is -2.24. The van der Waals surface area contributed by atoms with E-state index in [1.807, 2.05) is 32.6 Å². The molecule has 0 aliphatic heterocycles. The van der Waals surface area contributed by atoms with E-state index >= 15 is 0 Å². The number of rotatable bonds is 19. The van der Waals surface area contributed by atoms with Crippen LogP contribution in [0.4, 0.5) is 0 Å². The molecule has 0 spiro atoms. The van der Waals surface area contributed by atoms with Crippen molar-refractivity contribution < 1.29 is 29.4 Å². The van der Waals surface area contributed by atoms with Gasteiger partial charge in [-0.1, -0.05) is 41.0 Å². The first-order valence-corrected chi connectivity index (χ1v) is 18.5. The molecule has 272 valence electrons. The van der Waals surface area contributed by atoms with Crippen molar-refractivity contribution in [1.82, 2.24) is 25.6 Å². The summed E-state index contributed by atoms with van der Waals surface area (Å²) in [4.78, 5) is 57.1. The Bertz CT molecular complexity index is 964. The van der Waals surface area contributed by atoms with Crippen LogP contribution in [-0.4, -0.2) is 107 Å². The maximum atomic E-state index is 14.1. The molecule has 0 aromatic carbocycles. The number of aliphatic hydroxyl groups is 2. The number of hydrogen-bond donors (Lipinski definition) is 4. The maximum Gasteiger partial charge on any atom is 0.234 e. The third-order valence-corrected chi connectivity index (χ3v) is 9.78. The number of aliphatic hydroxyl groups excluding tert-OH is 2. The number of amides is 4. The molecule has 2 aliphatic rings. The highest BCUT2D eigenvalue weighted by Crippen LogP contribution is 2.36. The van der Waals surface area contributed by atoms with Crippen molar-refractivity contribution in [3.63, 3.8) is 0 Å². The molecule has 2 rings (SSSR count). The number of hydrogen-bond acceptors (Lipinski definition) is 7. The van der Waals surface area contributed by atoms with Crippen LogP contribution in [0.5, 0.6) is 0 Å². The van der Waals surface area contributed by atoms with Crippen LogP contribution in [0.2, 0.25) is 0 Å². The van der Waals surface area contributed by atoms with Crippen molar-refractivity contribution in [2.75, 3.05) is 40.3 Å². The number of hydrazine groups is 1. The predicted octanol–water partition coefficient (Wildman–Crippen LogP) is 3.72. The molecule has 5 unspecified atom stereocenters. The van der Waals surface area contributed by atoms with Crippen molar-refractivity contribution >= 4 is 23.6 Å². The van der Waals surface area contributed by atoms with Gasteiger partial charge in [0.15, 0.2) is 0 Å². The molecule has 2 aliphatic carbocycles. The largest absolute Gasteiger partial charge is 0.393 e. The normalized spacial score (nSPS) is 24.4. The van der Waals surface area contributed by atoms with Crippen LogP contribution in [0.1, 0.15) is 118 Å². The van der Waals surface area contributed by atoms with Gasteiger partial charge in [0.25, 0.3) is 0 Å². The zero-order chi connectivity index (χ0) is 35.1. The van der Waals surface area contributed by atoms with E-state index in [9.17, 15) is 29.4 Å². The number of unbranched alkanes of at least 4 members (excludes halogenated alkanes) is 1. The second-order valence-electron chi connectivity index (χ2n) is 14.9. The second-order valence-corrected chi connectivity index (χ2v) is 14.9. The number of carbonyl (C=O) groups excluding carboxylic acids is 4. The highest BCUT2D eigenvalue weighted by molar-refractivity contribution is 5.86. The number of nitrogens with one attached hydrogen (secondary N) is 2. The molecule has 0 radical (unpaired) electrons. The van der Waals surface area contributed by atoms with E-state index in [0.717, 1.165) is 38.5 Å². The van der Waals surface area contributed by atoms with Crippen LogP contribution in [-0.2, 0) is 19.2 Å². The average Bonchev–Trinajstić information content (AvgIpc) is 3.02. The Morgan fingerprint density at radius 3 is 1.91 bits per heavy atom. The highest BCUT2D eigenvalue weighted by atomic mass is 16.3. The lowest BCUT2D eigenvalue weighted by atomic mass is 9.73. The fourth-order valence-corrected chi connectivity index (χ4v) is 7.27. The Kier molecular flexibility index (Phi) is 18.3. The Labute approximate surface area is 284 Å². The molecule has 4 amide bonds. The molecule has 11 heteroatoms. The van der Waals surface area contributed by atoms with Gasteiger partial charge in [0.05, 0.1) is 18.2 Å². The number of nitrogens with zero attached hydrogens (tertiary/aromatic N) is 3. The van der Waals surface area contributed by atoms with E-state index in [0.29, 0.717) is 64.6 Å². The first-order valence-electron chi connectivity index (χ1n) is 18.5. The van der Waals surface area contributed by atoms with Gasteiger partial charge in [-0.15, -0.1) is 0 Å². The van der Waals surface area contributed by atoms with Crippen molar-refractivity contribution in [3.05, 3.63) is 0 Å². The van der Waals surface area contributed by atoms with E-state index in [2.05, 4.69) is 17.7 Å². The van der Waals surface area contributed by atoms with Crippen LogP contribution in [0.15, 0.2) is 0 Å². The lowest BCUT2D eigenvalue weighted by molar-refractivity contribution is -0.143. The molecule has 0 aromatic heterocycles. The van der Waals surface area contributed by atoms with Crippen molar-refractivity contribution in [2.24, 2.45) is 29.6 Å². The van der Waals surface area contributed by atoms with Crippen LogP contribution in [0.3, 0.4) is 0 Å². The number of carbonyl (C=O) groups is 4. The maximum absolute atomic E-state index is 14.1. The summed E-state index contributed by atoms with van der Waals surface area (Å²) >= 11 is 0. The minimum Gasteiger partial charge on any atom is -0.393 e. The monoisotopic (exact) mass is 666 g/mol. The molecule has 5 atom stereocenters. The van der Waals surface area contributed by atoms with Crippen molar-refractivity contribution in [3.8, 4) is 0 Å². The summed E-state index contributed by atoms with van der Waals surface area (Å²) in [7, 11) is 3.42. The van der Waals surface area contributed by atoms with Gasteiger partial charge in [0.1, 0.15) is 0 Å². The van der Waals surface area contributed by atoms with Gasteiger partial charge in [-0.25, -0.2) is 5.01 Å². The Morgan fingerprint density at radius 2 is 1.38 bits per heavy atom. The van der Waals surface area contributed by atoms with Gasteiger partial charge in [-0.2, -0.15) is 0 Å². The molecule has 0 aromatic rings. The van der Waals surface area contributed by atoms with Gasteiger partial charge in [-0.3, -0.25) is 24.6 Å². The minimum atomic E-state index is -0.952. The second kappa shape index (κ2) is 21.0. The van der Waals surface area contributed by atoms with E-state index in [1.54, 1.807) is 24.0 Å². The standard InChI is InChI=1S/C36H67N5O6/c1-8-11-18-41(38-33(44)19-25(4)5)24-32(43)31(20-26-12-14-30(42)15-13-26)37-34(45)27-21-28(35(46)39(6)7)23-29(22-27)36(47)40(16-9-2)17-10-3/h25-32,42-43H,8-24H2,1-7H3,(H,37,45)(H,38,44). The average molecular weight is 666 g/mol. The Balaban J connectivity index is 2.30. The first-order chi connectivity index (χ1) is 22.3. The fraction of sp³-hybridized carbons (Fsp3) is 0.889. The molecule has 2 fully saturated rings. The molecule has 0 bridgehead atoms. The smallest absolute Gasteiger partial charge is 0.234 e. The summed E-state index contributed by atoms with van der Waals surface area (Å²) in [6.07, 6.45) is 7.32. The van der Waals surface area contributed by atoms with Gasteiger partial charge >= 0.3 is 0 Å². The van der Waals surface area contributed by atoms with Crippen molar-refractivity contribution in [1.29, 1.82) is 0 Å². The summed E-state index contributed by atoms with van der Waals surface area (Å²) in [5, 5.41) is 26.7. The summed E-state index contributed by atoms with van der Waals surface area (Å²) in [6, 6.07) is -0.579. The molecular weight excluding hydrogens is 598 g/mol. The summed E-state index contributed by atoms with van der Waals surface area (Å²) in [5.41, 5.74) is 2.98. The molecule has 11 nitrogen and oxygen atoms in total. The molecule has 47 heavy (non-hydrogen) atoms. The first kappa shape index (κ1) is 40.9. The summed E-state index contributed by atoms with van der Waals surface area (Å²) < 4.78 is 0. The van der Waals surface area contributed by atoms with Gasteiger partial charge in [0, 0.05) is 64.4 Å². The SMILES string of the molecule is CCCCN(CC(O)C(CC1CCC(O)CC1)NC(=O)C1CC(C(=O)N(C)C)CC(C(=O)N(CCC)CCC)C1)NC(=O)CC(C)C. The van der Waals surface area contributed by atoms with E-state index in [1.165, 1.54) is 0 Å². The van der Waals surface area contributed by atoms with E-state index in [4.69, 9.17) is 0 Å². The van der Waals surface area contributed by atoms with Gasteiger partial charge in [-0.05, 0) is 82.5 Å². The zero-order valence-corrected chi connectivity index (χ0v) is 30.5. The van der Waals surface area contributed by atoms with Gasteiger partial charge < -0.3 is 25.3 Å². The molecular formula is C36H67N5O6.